The fourth-order valence-corrected chi connectivity index (χ4v) is 3.40. The van der Waals surface area contributed by atoms with Crippen molar-refractivity contribution in [3.05, 3.63) is 0 Å². The molecule has 3 aliphatic heterocycles. The second-order valence-corrected chi connectivity index (χ2v) is 5.24. The van der Waals surface area contributed by atoms with Crippen LogP contribution in [0.3, 0.4) is 0 Å². The van der Waals surface area contributed by atoms with E-state index in [2.05, 4.69) is 5.32 Å². The molecule has 0 amide bonds. The molecular weight excluding hydrogens is 138 g/mol. The molecule has 9 heavy (non-hydrogen) atoms. The van der Waals surface area contributed by atoms with Crippen LogP contribution in [0.15, 0.2) is 0 Å². The van der Waals surface area contributed by atoms with Gasteiger partial charge in [0.1, 0.15) is 0 Å². The third-order valence-electron chi connectivity index (χ3n) is 2.20. The Morgan fingerprint density at radius 3 is 2.00 bits per heavy atom. The number of sulfone groups is 1. The van der Waals surface area contributed by atoms with E-state index in [0.717, 1.165) is 6.42 Å². The molecule has 4 heteroatoms. The van der Waals surface area contributed by atoms with Crippen LogP contribution in [0.4, 0.5) is 0 Å². The zero-order valence-electron chi connectivity index (χ0n) is 5.00. The maximum Gasteiger partial charge on any atom is 0.158 e. The highest BCUT2D eigenvalue weighted by atomic mass is 32.2. The van der Waals surface area contributed by atoms with Gasteiger partial charge in [0.25, 0.3) is 0 Å². The van der Waals surface area contributed by atoms with E-state index in [1.165, 1.54) is 0 Å². The number of nitrogens with one attached hydrogen (secondary N) is 1. The van der Waals surface area contributed by atoms with Gasteiger partial charge in [0, 0.05) is 13.1 Å². The zero-order valence-corrected chi connectivity index (χ0v) is 5.82. The summed E-state index contributed by atoms with van der Waals surface area (Å²) in [6.45, 7) is 1.36. The van der Waals surface area contributed by atoms with Gasteiger partial charge in [-0.15, -0.1) is 0 Å². The molecule has 3 fully saturated rings. The van der Waals surface area contributed by atoms with Crippen molar-refractivity contribution >= 4 is 9.84 Å². The van der Waals surface area contributed by atoms with E-state index in [1.807, 2.05) is 0 Å². The van der Waals surface area contributed by atoms with Gasteiger partial charge in [-0.2, -0.15) is 0 Å². The molecule has 3 aliphatic rings. The molecule has 1 N–H and O–H groups in total. The monoisotopic (exact) mass is 147 g/mol. The summed E-state index contributed by atoms with van der Waals surface area (Å²) in [7, 11) is -2.63. The van der Waals surface area contributed by atoms with Crippen LogP contribution in [0, 0.1) is 0 Å². The van der Waals surface area contributed by atoms with Gasteiger partial charge in [-0.3, -0.25) is 0 Å². The molecule has 0 aromatic rings. The van der Waals surface area contributed by atoms with Crippen molar-refractivity contribution < 1.29 is 8.42 Å². The molecule has 3 saturated heterocycles. The van der Waals surface area contributed by atoms with E-state index in [1.54, 1.807) is 0 Å². The Morgan fingerprint density at radius 2 is 1.78 bits per heavy atom. The van der Waals surface area contributed by atoms with Gasteiger partial charge < -0.3 is 5.32 Å². The number of piperidine rings is 1. The predicted octanol–water partition coefficient (Wildman–Crippen LogP) is -0.855. The average molecular weight is 147 g/mol. The van der Waals surface area contributed by atoms with Crippen LogP contribution in [0.2, 0.25) is 0 Å². The van der Waals surface area contributed by atoms with Gasteiger partial charge in [-0.05, 0) is 6.42 Å². The molecule has 0 saturated carbocycles. The van der Waals surface area contributed by atoms with Crippen molar-refractivity contribution in [3.63, 3.8) is 0 Å². The fraction of sp³-hybridized carbons (Fsp3) is 1.00. The van der Waals surface area contributed by atoms with Crippen molar-refractivity contribution in [1.29, 1.82) is 0 Å². The van der Waals surface area contributed by atoms with Crippen LogP contribution in [-0.2, 0) is 9.84 Å². The second kappa shape index (κ2) is 1.49. The maximum atomic E-state index is 11.0. The lowest BCUT2D eigenvalue weighted by Crippen LogP contribution is -2.60. The third-order valence-corrected chi connectivity index (χ3v) is 4.78. The molecule has 2 unspecified atom stereocenters. The summed E-state index contributed by atoms with van der Waals surface area (Å²) in [5.74, 6) is 0. The Morgan fingerprint density at radius 1 is 1.22 bits per heavy atom. The first-order valence-corrected chi connectivity index (χ1v) is 4.75. The largest absolute Gasteiger partial charge is 0.314 e. The van der Waals surface area contributed by atoms with Crippen LogP contribution >= 0.6 is 0 Å². The van der Waals surface area contributed by atoms with Gasteiger partial charge in [0.05, 0.1) is 10.5 Å². The van der Waals surface area contributed by atoms with Crippen LogP contribution in [0.1, 0.15) is 6.42 Å². The third kappa shape index (κ3) is 0.576. The maximum absolute atomic E-state index is 11.0. The molecule has 0 radical (unpaired) electrons. The normalized spacial score (nSPS) is 45.8. The molecule has 3 heterocycles. The summed E-state index contributed by atoms with van der Waals surface area (Å²) < 4.78 is 22.0. The van der Waals surface area contributed by atoms with Gasteiger partial charge in [-0.1, -0.05) is 0 Å². The van der Waals surface area contributed by atoms with Crippen LogP contribution < -0.4 is 5.32 Å². The van der Waals surface area contributed by atoms with Gasteiger partial charge in [0.2, 0.25) is 0 Å². The Hall–Kier alpha value is -0.0900. The minimum atomic E-state index is -2.63. The molecule has 0 aromatic heterocycles. The molecule has 2 bridgehead atoms. The lowest BCUT2D eigenvalue weighted by atomic mass is 10.1. The van der Waals surface area contributed by atoms with Crippen LogP contribution in [-0.4, -0.2) is 32.0 Å². The molecule has 2 atom stereocenters. The quantitative estimate of drug-likeness (QED) is 0.485. The lowest BCUT2D eigenvalue weighted by Gasteiger charge is -2.40. The Bertz CT molecular complexity index is 201. The van der Waals surface area contributed by atoms with Gasteiger partial charge in [0.15, 0.2) is 9.84 Å². The molecule has 0 aromatic carbocycles. The molecule has 3 nitrogen and oxygen atoms in total. The molecule has 0 spiro atoms. The first-order chi connectivity index (χ1) is 4.21. The van der Waals surface area contributed by atoms with E-state index in [0.29, 0.717) is 13.1 Å². The summed E-state index contributed by atoms with van der Waals surface area (Å²) in [4.78, 5) is 0. The number of fused-ring (bicyclic) bond motifs is 2. The van der Waals surface area contributed by atoms with Crippen molar-refractivity contribution in [3.8, 4) is 0 Å². The van der Waals surface area contributed by atoms with Crippen LogP contribution in [0.5, 0.6) is 0 Å². The molecule has 52 valence electrons. The van der Waals surface area contributed by atoms with Crippen molar-refractivity contribution in [2.24, 2.45) is 0 Å². The van der Waals surface area contributed by atoms with E-state index in [-0.39, 0.29) is 10.5 Å². The van der Waals surface area contributed by atoms with Gasteiger partial charge >= 0.3 is 0 Å². The summed E-state index contributed by atoms with van der Waals surface area (Å²) in [5.41, 5.74) is 0. The minimum Gasteiger partial charge on any atom is -0.314 e. The smallest absolute Gasteiger partial charge is 0.158 e. The van der Waals surface area contributed by atoms with E-state index < -0.39 is 9.84 Å². The standard InChI is InChI=1S/C5H9NO2S/c7-9(8)4-1-5(9)3-6-2-4/h4-6H,1-3H2. The van der Waals surface area contributed by atoms with Crippen molar-refractivity contribution in [1.82, 2.24) is 5.32 Å². The summed E-state index contributed by atoms with van der Waals surface area (Å²) in [6, 6.07) is 0. The Labute approximate surface area is 54.4 Å². The summed E-state index contributed by atoms with van der Waals surface area (Å²) >= 11 is 0. The highest BCUT2D eigenvalue weighted by Gasteiger charge is 2.48. The Balaban J connectivity index is 2.33. The molecule has 0 aliphatic carbocycles. The number of hydrogen-bond donors (Lipinski definition) is 1. The average Bonchev–Trinajstić information content (AvgIpc) is 1.89. The first kappa shape index (κ1) is 5.68. The SMILES string of the molecule is O=S1(=O)C2CNCC1C2. The zero-order chi connectivity index (χ0) is 6.48. The summed E-state index contributed by atoms with van der Waals surface area (Å²) in [6.07, 6.45) is 0.898. The Kier molecular flexibility index (Phi) is 0.941. The van der Waals surface area contributed by atoms with Gasteiger partial charge in [-0.25, -0.2) is 8.42 Å². The predicted molar refractivity (Wildman–Crippen MR) is 34.0 cm³/mol. The molecular formula is C5H9NO2S. The first-order valence-electron chi connectivity index (χ1n) is 3.14. The second-order valence-electron chi connectivity index (χ2n) is 2.73. The van der Waals surface area contributed by atoms with Crippen molar-refractivity contribution in [2.45, 2.75) is 16.9 Å². The highest BCUT2D eigenvalue weighted by Crippen LogP contribution is 2.31. The van der Waals surface area contributed by atoms with Crippen molar-refractivity contribution in [2.75, 3.05) is 13.1 Å². The molecule has 3 rings (SSSR count). The summed E-state index contributed by atoms with van der Waals surface area (Å²) in [5, 5.41) is 2.97. The van der Waals surface area contributed by atoms with E-state index in [4.69, 9.17) is 0 Å². The topological polar surface area (TPSA) is 46.2 Å². The minimum absolute atomic E-state index is 0.0451. The van der Waals surface area contributed by atoms with E-state index >= 15 is 0 Å². The fourth-order valence-electron chi connectivity index (χ4n) is 1.52. The lowest BCUT2D eigenvalue weighted by molar-refractivity contribution is 0.429. The van der Waals surface area contributed by atoms with E-state index in [9.17, 15) is 8.42 Å². The van der Waals surface area contributed by atoms with Crippen LogP contribution in [0.25, 0.3) is 0 Å². The number of rotatable bonds is 0. The highest BCUT2D eigenvalue weighted by molar-refractivity contribution is 7.94. The number of hydrogen-bond acceptors (Lipinski definition) is 3.